The zero-order valence-electron chi connectivity index (χ0n) is 26.3. The molecule has 6 fully saturated rings. The van der Waals surface area contributed by atoms with E-state index in [0.29, 0.717) is 34.7 Å². The minimum atomic E-state index is -2.31. The molecule has 2 saturated heterocycles. The molecule has 10 nitrogen and oxygen atoms in total. The summed E-state index contributed by atoms with van der Waals surface area (Å²) in [6.45, 7) is 10.0. The van der Waals surface area contributed by atoms with Crippen molar-refractivity contribution in [3.05, 3.63) is 0 Å². The number of aliphatic carboxylic acids is 1. The van der Waals surface area contributed by atoms with Gasteiger partial charge in [-0.1, -0.05) is 27.7 Å². The number of carbonyl (C=O) groups excluding carboxylic acids is 1. The summed E-state index contributed by atoms with van der Waals surface area (Å²) in [4.78, 5) is 9.98. The molecule has 10 heteroatoms. The molecule has 2 aliphatic heterocycles. The summed E-state index contributed by atoms with van der Waals surface area (Å²) in [6.07, 6.45) is 4.78. The van der Waals surface area contributed by atoms with Gasteiger partial charge < -0.3 is 50.0 Å². The van der Waals surface area contributed by atoms with Crippen LogP contribution in [0.25, 0.3) is 0 Å². The average molecular weight is 612 g/mol. The van der Waals surface area contributed by atoms with Gasteiger partial charge in [0.05, 0.1) is 31.4 Å². The first-order valence-corrected chi connectivity index (χ1v) is 16.7. The van der Waals surface area contributed by atoms with Crippen molar-refractivity contribution in [1.29, 1.82) is 0 Å². The molecule has 248 valence electrons. The first kappa shape index (κ1) is 33.5. The molecule has 0 aromatic rings. The second-order valence-electron chi connectivity index (χ2n) is 15.6. The Balaban J connectivity index is 0.000000242. The molecule has 4 aliphatic carbocycles. The maximum atomic E-state index is 10.3. The van der Waals surface area contributed by atoms with Gasteiger partial charge in [-0.2, -0.15) is 0 Å². The fraction of sp³-hybridized carbons (Fsp3) is 0.970. The summed E-state index contributed by atoms with van der Waals surface area (Å²) >= 11 is 0. The molecular weight excluding hydrogens is 556 g/mol. The fourth-order valence-electron chi connectivity index (χ4n) is 10.9. The third-order valence-electron chi connectivity index (χ3n) is 13.4. The summed E-state index contributed by atoms with van der Waals surface area (Å²) in [7, 11) is 0. The Morgan fingerprint density at radius 2 is 1.60 bits per heavy atom. The van der Waals surface area contributed by atoms with E-state index in [2.05, 4.69) is 27.7 Å². The van der Waals surface area contributed by atoms with Crippen LogP contribution in [0.1, 0.15) is 91.9 Å². The predicted octanol–water partition coefficient (Wildman–Crippen LogP) is 0.966. The SMILES string of the molecule is C[C@@H]1CC[C@@]2(OC1)O[C@H]1C[C@H]3[C@@H]4CC[C@H]5C[C@@H](O)CC[C@]5(C)[C@H]4CC[C@]3(C)[C@H]1[C@@H]2C.O=C([O-])[C@H](O)[C@@H](O)[C@H](O)[C@H](O)CO. The van der Waals surface area contributed by atoms with Gasteiger partial charge >= 0.3 is 0 Å². The standard InChI is InChI=1S/C27H44O3.C6H12O7/c1-16-7-12-27(29-15-16)17(2)24-23(30-27)14-22-20-6-5-18-13-19(28)8-10-25(18,3)21(20)9-11-26(22,24)4;7-1-2(8)3(9)4(10)5(11)6(12)13/h16-24,28H,5-15H2,1-4H3;2-5,7-11H,1H2,(H,12,13)/p-1/t16-,17+,18+,19+,20-,21+,22+,23+,24+,25+,26+,27-;2-,3-,4+,5-/m11/s1. The van der Waals surface area contributed by atoms with E-state index in [1.165, 1.54) is 44.9 Å². The Morgan fingerprint density at radius 3 is 2.23 bits per heavy atom. The van der Waals surface area contributed by atoms with Crippen molar-refractivity contribution in [3.8, 4) is 0 Å². The molecule has 1 spiro atoms. The number of carboxylic acids is 1. The highest BCUT2D eigenvalue weighted by molar-refractivity contribution is 5.70. The number of rotatable bonds is 5. The van der Waals surface area contributed by atoms with E-state index < -0.39 is 37.0 Å². The topological polar surface area (TPSA) is 180 Å². The highest BCUT2D eigenvalue weighted by Gasteiger charge is 2.69. The summed E-state index contributed by atoms with van der Waals surface area (Å²) in [6, 6.07) is 0. The Morgan fingerprint density at radius 1 is 0.907 bits per heavy atom. The van der Waals surface area contributed by atoms with Crippen molar-refractivity contribution in [1.82, 2.24) is 0 Å². The van der Waals surface area contributed by atoms with E-state index in [9.17, 15) is 15.0 Å². The number of aliphatic hydroxyl groups excluding tert-OH is 6. The molecule has 0 aromatic carbocycles. The second kappa shape index (κ2) is 12.4. The molecule has 6 aliphatic rings. The van der Waals surface area contributed by atoms with Gasteiger partial charge in [0.25, 0.3) is 0 Å². The number of carbonyl (C=O) groups is 1. The van der Waals surface area contributed by atoms with Gasteiger partial charge in [0, 0.05) is 12.3 Å². The van der Waals surface area contributed by atoms with Crippen molar-refractivity contribution in [3.63, 3.8) is 0 Å². The third-order valence-corrected chi connectivity index (χ3v) is 13.4. The molecule has 2 heterocycles. The van der Waals surface area contributed by atoms with Gasteiger partial charge in [-0.3, -0.25) is 0 Å². The number of carboxylic acid groups (broad SMARTS) is 1. The van der Waals surface area contributed by atoms with Gasteiger partial charge in [0.15, 0.2) is 5.79 Å². The number of ether oxygens (including phenoxy) is 2. The van der Waals surface area contributed by atoms with Crippen LogP contribution < -0.4 is 5.11 Å². The summed E-state index contributed by atoms with van der Waals surface area (Å²) < 4.78 is 13.4. The summed E-state index contributed by atoms with van der Waals surface area (Å²) in [5, 5.41) is 63.7. The molecule has 0 aromatic heterocycles. The second-order valence-corrected chi connectivity index (χ2v) is 15.6. The van der Waals surface area contributed by atoms with Crippen molar-refractivity contribution >= 4 is 5.97 Å². The zero-order valence-corrected chi connectivity index (χ0v) is 26.3. The molecule has 6 rings (SSSR count). The summed E-state index contributed by atoms with van der Waals surface area (Å²) in [5.41, 5.74) is 0.899. The smallest absolute Gasteiger partial charge is 0.171 e. The molecular formula is C33H55O10-. The van der Waals surface area contributed by atoms with E-state index in [1.807, 2.05) is 0 Å². The number of aliphatic hydroxyl groups is 6. The highest BCUT2D eigenvalue weighted by Crippen LogP contribution is 2.71. The normalized spacial score (nSPS) is 49.8. The molecule has 6 N–H and O–H groups in total. The third kappa shape index (κ3) is 5.70. The minimum absolute atomic E-state index is 0.0389. The first-order chi connectivity index (χ1) is 20.2. The molecule has 43 heavy (non-hydrogen) atoms. The van der Waals surface area contributed by atoms with E-state index in [-0.39, 0.29) is 11.9 Å². The van der Waals surface area contributed by atoms with Crippen LogP contribution in [0.5, 0.6) is 0 Å². The Kier molecular flexibility index (Phi) is 9.66. The van der Waals surface area contributed by atoms with Gasteiger partial charge in [-0.15, -0.1) is 0 Å². The molecule has 0 radical (unpaired) electrons. The number of hydrogen-bond acceptors (Lipinski definition) is 10. The Labute approximate surface area is 255 Å². The quantitative estimate of drug-likeness (QED) is 0.262. The van der Waals surface area contributed by atoms with Crippen LogP contribution >= 0.6 is 0 Å². The van der Waals surface area contributed by atoms with E-state index in [0.717, 1.165) is 49.5 Å². The van der Waals surface area contributed by atoms with E-state index >= 15 is 0 Å². The van der Waals surface area contributed by atoms with E-state index in [1.54, 1.807) is 0 Å². The maximum Gasteiger partial charge on any atom is 0.171 e. The lowest BCUT2D eigenvalue weighted by molar-refractivity contribution is -0.320. The van der Waals surface area contributed by atoms with Crippen LogP contribution in [0, 0.1) is 52.3 Å². The van der Waals surface area contributed by atoms with Crippen LogP contribution in [0.4, 0.5) is 0 Å². The average Bonchev–Trinajstić information content (AvgIpc) is 3.43. The lowest BCUT2D eigenvalue weighted by Gasteiger charge is -2.61. The van der Waals surface area contributed by atoms with Crippen LogP contribution in [0.3, 0.4) is 0 Å². The largest absolute Gasteiger partial charge is 0.547 e. The van der Waals surface area contributed by atoms with Gasteiger partial charge in [-0.25, -0.2) is 0 Å². The van der Waals surface area contributed by atoms with Crippen LogP contribution in [0.15, 0.2) is 0 Å². The number of fused-ring (bicyclic) bond motifs is 7. The number of hydrogen-bond donors (Lipinski definition) is 6. The van der Waals surface area contributed by atoms with Crippen LogP contribution in [-0.4, -0.2) is 92.2 Å². The van der Waals surface area contributed by atoms with E-state index in [4.69, 9.17) is 35.0 Å². The zero-order chi connectivity index (χ0) is 31.5. The highest BCUT2D eigenvalue weighted by atomic mass is 16.7. The molecule has 16 atom stereocenters. The summed E-state index contributed by atoms with van der Waals surface area (Å²) in [5.74, 6) is 2.96. The van der Waals surface area contributed by atoms with Gasteiger partial charge in [0.1, 0.15) is 24.4 Å². The Hall–Kier alpha value is -0.850. The lowest BCUT2D eigenvalue weighted by atomic mass is 9.44. The molecule has 0 bridgehead atoms. The van der Waals surface area contributed by atoms with Crippen molar-refractivity contribution < 1.29 is 50.0 Å². The fourth-order valence-corrected chi connectivity index (χ4v) is 10.9. The lowest BCUT2D eigenvalue weighted by Crippen LogP contribution is -2.55. The minimum Gasteiger partial charge on any atom is -0.547 e. The maximum absolute atomic E-state index is 10.3. The van der Waals surface area contributed by atoms with Crippen LogP contribution in [-0.2, 0) is 14.3 Å². The molecule has 0 unspecified atom stereocenters. The molecule has 4 saturated carbocycles. The van der Waals surface area contributed by atoms with Crippen molar-refractivity contribution in [2.24, 2.45) is 52.3 Å². The first-order valence-electron chi connectivity index (χ1n) is 16.7. The van der Waals surface area contributed by atoms with Crippen molar-refractivity contribution in [2.75, 3.05) is 13.2 Å². The van der Waals surface area contributed by atoms with Crippen molar-refractivity contribution in [2.45, 2.75) is 134 Å². The Bertz CT molecular complexity index is 985. The molecule has 0 amide bonds. The van der Waals surface area contributed by atoms with Gasteiger partial charge in [-0.05, 0) is 104 Å². The van der Waals surface area contributed by atoms with Gasteiger partial charge in [0.2, 0.25) is 0 Å². The monoisotopic (exact) mass is 611 g/mol. The predicted molar refractivity (Wildman–Crippen MR) is 154 cm³/mol. The van der Waals surface area contributed by atoms with Crippen LogP contribution in [0.2, 0.25) is 0 Å².